The summed E-state index contributed by atoms with van der Waals surface area (Å²) in [6, 6.07) is 13.4. The average Bonchev–Trinajstić information content (AvgIpc) is 3.13. The van der Waals surface area contributed by atoms with Crippen LogP contribution in [0.3, 0.4) is 0 Å². The average molecular weight is 433 g/mol. The molecule has 0 bridgehead atoms. The van der Waals surface area contributed by atoms with Gasteiger partial charge in [0.25, 0.3) is 0 Å². The van der Waals surface area contributed by atoms with E-state index in [1.165, 1.54) is 19.2 Å². The van der Waals surface area contributed by atoms with E-state index >= 15 is 0 Å². The monoisotopic (exact) mass is 433 g/mol. The number of hydrogen-bond donors (Lipinski definition) is 1. The fourth-order valence-corrected chi connectivity index (χ4v) is 4.48. The van der Waals surface area contributed by atoms with E-state index in [4.69, 9.17) is 4.74 Å². The van der Waals surface area contributed by atoms with Crippen molar-refractivity contribution in [1.29, 1.82) is 0 Å². The lowest BCUT2D eigenvalue weighted by Gasteiger charge is -2.37. The Morgan fingerprint density at radius 3 is 2.23 bits per heavy atom. The van der Waals surface area contributed by atoms with Gasteiger partial charge in [-0.3, -0.25) is 9.59 Å². The van der Waals surface area contributed by atoms with Gasteiger partial charge in [-0.05, 0) is 56.0 Å². The van der Waals surface area contributed by atoms with Crippen LogP contribution in [-0.4, -0.2) is 18.9 Å². The van der Waals surface area contributed by atoms with Crippen molar-refractivity contribution < 1.29 is 27.5 Å². The van der Waals surface area contributed by atoms with Gasteiger partial charge in [0.15, 0.2) is 0 Å². The Hall–Kier alpha value is -2.83. The van der Waals surface area contributed by atoms with Crippen molar-refractivity contribution in [1.82, 2.24) is 0 Å². The second kappa shape index (κ2) is 8.73. The number of esters is 1. The molecule has 0 amide bonds. The number of hydrogen-bond acceptors (Lipinski definition) is 4. The number of halogens is 3. The molecule has 166 valence electrons. The molecule has 0 saturated heterocycles. The molecule has 2 aromatic carbocycles. The third-order valence-electron chi connectivity index (χ3n) is 6.20. The molecule has 0 heterocycles. The van der Waals surface area contributed by atoms with Crippen molar-refractivity contribution >= 4 is 17.4 Å². The van der Waals surface area contributed by atoms with Gasteiger partial charge < -0.3 is 10.1 Å². The third-order valence-corrected chi connectivity index (χ3v) is 6.20. The molecule has 3 rings (SSSR count). The van der Waals surface area contributed by atoms with Gasteiger partial charge in [-0.15, -0.1) is 0 Å². The SMILES string of the molecule is COC(=O)C(C)(C)[C@H]1CCC(=O)[C@@H]1[C@H](Nc1ccccc1)c1ccc(C(F)(F)F)cc1. The summed E-state index contributed by atoms with van der Waals surface area (Å²) in [5.74, 6) is -1.35. The van der Waals surface area contributed by atoms with E-state index in [1.807, 2.05) is 30.3 Å². The van der Waals surface area contributed by atoms with Gasteiger partial charge >= 0.3 is 12.1 Å². The largest absolute Gasteiger partial charge is 0.469 e. The van der Waals surface area contributed by atoms with Crippen molar-refractivity contribution in [3.63, 3.8) is 0 Å². The summed E-state index contributed by atoms with van der Waals surface area (Å²) in [5, 5.41) is 3.33. The zero-order valence-electron chi connectivity index (χ0n) is 17.7. The quantitative estimate of drug-likeness (QED) is 0.598. The van der Waals surface area contributed by atoms with Crippen molar-refractivity contribution in [3.05, 3.63) is 65.7 Å². The zero-order chi connectivity index (χ0) is 22.8. The molecular formula is C24H26F3NO3. The summed E-state index contributed by atoms with van der Waals surface area (Å²) in [6.07, 6.45) is -3.62. The molecule has 31 heavy (non-hydrogen) atoms. The number of ketones is 1. The topological polar surface area (TPSA) is 55.4 Å². The van der Waals surface area contributed by atoms with Gasteiger partial charge in [0, 0.05) is 18.0 Å². The Morgan fingerprint density at radius 2 is 1.68 bits per heavy atom. The fraction of sp³-hybridized carbons (Fsp3) is 0.417. The molecule has 1 N–H and O–H groups in total. The van der Waals surface area contributed by atoms with E-state index in [-0.39, 0.29) is 11.7 Å². The first-order chi connectivity index (χ1) is 14.6. The number of Topliss-reactive ketones (excluding diaryl/α,β-unsaturated/α-hetero) is 1. The number of para-hydroxylation sites is 1. The van der Waals surface area contributed by atoms with E-state index in [0.29, 0.717) is 18.4 Å². The molecule has 7 heteroatoms. The second-order valence-electron chi connectivity index (χ2n) is 8.46. The maximum absolute atomic E-state index is 13.1. The summed E-state index contributed by atoms with van der Waals surface area (Å²) < 4.78 is 44.1. The highest BCUT2D eigenvalue weighted by molar-refractivity contribution is 5.87. The summed E-state index contributed by atoms with van der Waals surface area (Å²) in [7, 11) is 1.31. The molecule has 0 radical (unpaired) electrons. The van der Waals surface area contributed by atoms with E-state index < -0.39 is 35.1 Å². The van der Waals surface area contributed by atoms with Crippen molar-refractivity contribution in [2.45, 2.75) is 38.9 Å². The van der Waals surface area contributed by atoms with Crippen LogP contribution < -0.4 is 5.32 Å². The smallest absolute Gasteiger partial charge is 0.416 e. The van der Waals surface area contributed by atoms with E-state index in [1.54, 1.807) is 13.8 Å². The number of rotatable bonds is 6. The summed E-state index contributed by atoms with van der Waals surface area (Å²) >= 11 is 0. The van der Waals surface area contributed by atoms with Crippen LogP contribution in [0.15, 0.2) is 54.6 Å². The maximum Gasteiger partial charge on any atom is 0.416 e. The Labute approximate surface area is 179 Å². The Bertz CT molecular complexity index is 923. The predicted molar refractivity (Wildman–Crippen MR) is 111 cm³/mol. The van der Waals surface area contributed by atoms with Crippen LogP contribution in [0.1, 0.15) is 43.9 Å². The minimum atomic E-state index is -4.44. The third kappa shape index (κ3) is 4.75. The van der Waals surface area contributed by atoms with Gasteiger partial charge in [-0.2, -0.15) is 13.2 Å². The standard InChI is InChI=1S/C24H26F3NO3/c1-23(2,22(30)31-3)18-13-14-19(29)20(18)21(28-17-7-5-4-6-8-17)15-9-11-16(12-10-15)24(25,26)27/h4-12,18,20-21,28H,13-14H2,1-3H3/t18-,20+,21+/m0/s1. The molecule has 1 aliphatic carbocycles. The van der Waals surface area contributed by atoms with E-state index in [9.17, 15) is 22.8 Å². The fourth-order valence-electron chi connectivity index (χ4n) is 4.48. The molecule has 4 nitrogen and oxygen atoms in total. The minimum Gasteiger partial charge on any atom is -0.469 e. The highest BCUT2D eigenvalue weighted by Crippen LogP contribution is 2.48. The minimum absolute atomic E-state index is 0.0182. The van der Waals surface area contributed by atoms with Gasteiger partial charge in [0.1, 0.15) is 5.78 Å². The zero-order valence-corrected chi connectivity index (χ0v) is 17.7. The second-order valence-corrected chi connectivity index (χ2v) is 8.46. The number of ether oxygens (including phenoxy) is 1. The van der Waals surface area contributed by atoms with Crippen LogP contribution in [0, 0.1) is 17.3 Å². The van der Waals surface area contributed by atoms with Crippen molar-refractivity contribution in [2.75, 3.05) is 12.4 Å². The van der Waals surface area contributed by atoms with Crippen LogP contribution in [0.25, 0.3) is 0 Å². The predicted octanol–water partition coefficient (Wildman–Crippen LogP) is 5.65. The highest BCUT2D eigenvalue weighted by Gasteiger charge is 2.51. The molecular weight excluding hydrogens is 407 g/mol. The number of anilines is 1. The van der Waals surface area contributed by atoms with Crippen LogP contribution in [0.2, 0.25) is 0 Å². The van der Waals surface area contributed by atoms with E-state index in [2.05, 4.69) is 5.32 Å². The lowest BCUT2D eigenvalue weighted by molar-refractivity contribution is -0.155. The summed E-state index contributed by atoms with van der Waals surface area (Å²) in [4.78, 5) is 25.5. The first kappa shape index (κ1) is 22.8. The summed E-state index contributed by atoms with van der Waals surface area (Å²) in [5.41, 5.74) is -0.378. The number of nitrogens with one attached hydrogen (secondary N) is 1. The number of carbonyl (C=O) groups excluding carboxylic acids is 2. The molecule has 1 fully saturated rings. The first-order valence-corrected chi connectivity index (χ1v) is 10.2. The van der Waals surface area contributed by atoms with Crippen LogP contribution in [0.5, 0.6) is 0 Å². The van der Waals surface area contributed by atoms with Gasteiger partial charge in [0.2, 0.25) is 0 Å². The molecule has 0 spiro atoms. The molecule has 2 aromatic rings. The Morgan fingerprint density at radius 1 is 1.06 bits per heavy atom. The molecule has 0 aromatic heterocycles. The number of methoxy groups -OCH3 is 1. The van der Waals surface area contributed by atoms with Gasteiger partial charge in [-0.1, -0.05) is 30.3 Å². The van der Waals surface area contributed by atoms with Crippen LogP contribution >= 0.6 is 0 Å². The molecule has 1 aliphatic rings. The molecule has 0 aliphatic heterocycles. The van der Waals surface area contributed by atoms with Crippen molar-refractivity contribution in [2.24, 2.45) is 17.3 Å². The van der Waals surface area contributed by atoms with E-state index in [0.717, 1.165) is 17.8 Å². The number of benzene rings is 2. The Kier molecular flexibility index (Phi) is 6.43. The lowest BCUT2D eigenvalue weighted by Crippen LogP contribution is -2.40. The molecule has 3 atom stereocenters. The van der Waals surface area contributed by atoms with Gasteiger partial charge in [-0.25, -0.2) is 0 Å². The highest BCUT2D eigenvalue weighted by atomic mass is 19.4. The Balaban J connectivity index is 2.04. The molecule has 1 saturated carbocycles. The van der Waals surface area contributed by atoms with Crippen LogP contribution in [0.4, 0.5) is 18.9 Å². The number of alkyl halides is 3. The van der Waals surface area contributed by atoms with Crippen LogP contribution in [-0.2, 0) is 20.5 Å². The normalized spacial score (nSPS) is 20.4. The lowest BCUT2D eigenvalue weighted by atomic mass is 9.69. The van der Waals surface area contributed by atoms with Crippen molar-refractivity contribution in [3.8, 4) is 0 Å². The molecule has 0 unspecified atom stereocenters. The van der Waals surface area contributed by atoms with Gasteiger partial charge in [0.05, 0.1) is 24.1 Å². The first-order valence-electron chi connectivity index (χ1n) is 10.2. The summed E-state index contributed by atoms with van der Waals surface area (Å²) in [6.45, 7) is 3.50. The number of carbonyl (C=O) groups is 2. The maximum atomic E-state index is 13.1.